The van der Waals surface area contributed by atoms with E-state index in [1.807, 2.05) is 0 Å². The van der Waals surface area contributed by atoms with E-state index in [0.29, 0.717) is 0 Å². The van der Waals surface area contributed by atoms with Crippen LogP contribution in [0.25, 0.3) is 0 Å². The van der Waals surface area contributed by atoms with E-state index in [-0.39, 0.29) is 36.9 Å². The van der Waals surface area contributed by atoms with Gasteiger partial charge in [0.2, 0.25) is 0 Å². The zero-order valence-corrected chi connectivity index (χ0v) is 29.4. The van der Waals surface area contributed by atoms with Gasteiger partial charge in [-0.1, -0.05) is 173 Å². The van der Waals surface area contributed by atoms with Gasteiger partial charge in [-0.3, -0.25) is 0 Å². The SMILES string of the molecule is [CH2-]CCCCCCCCCC[CH2-].[Pt+2].c1ccc(P(CCCP(c2ccccc2)c2ccccc2)c2ccccc2)cc1. The predicted molar refractivity (Wildman–Crippen MR) is 189 cm³/mol. The second kappa shape index (κ2) is 23.8. The van der Waals surface area contributed by atoms with E-state index in [9.17, 15) is 0 Å². The average Bonchev–Trinajstić information content (AvgIpc) is 3.04. The van der Waals surface area contributed by atoms with Crippen molar-refractivity contribution in [3.05, 3.63) is 135 Å². The van der Waals surface area contributed by atoms with E-state index in [1.165, 1.54) is 91.3 Å². The molecule has 0 saturated carbocycles. The summed E-state index contributed by atoms with van der Waals surface area (Å²) in [7, 11) is -0.618. The molecule has 0 atom stereocenters. The second-order valence-electron chi connectivity index (χ2n) is 10.5. The Balaban J connectivity index is 0.000000405. The summed E-state index contributed by atoms with van der Waals surface area (Å²) >= 11 is 0. The van der Waals surface area contributed by atoms with Crippen LogP contribution in [0.5, 0.6) is 0 Å². The maximum atomic E-state index is 3.84. The maximum Gasteiger partial charge on any atom is 2.00 e. The third-order valence-corrected chi connectivity index (χ3v) is 12.5. The molecule has 0 unspecified atom stereocenters. The Kier molecular flexibility index (Phi) is 20.8. The maximum absolute atomic E-state index is 3.84. The number of hydrogen-bond donors (Lipinski definition) is 0. The van der Waals surface area contributed by atoms with Gasteiger partial charge in [-0.25, -0.2) is 0 Å². The molecule has 0 fully saturated rings. The van der Waals surface area contributed by atoms with Crippen LogP contribution in [-0.2, 0) is 21.1 Å². The molecule has 0 spiro atoms. The molecule has 4 aromatic rings. The van der Waals surface area contributed by atoms with Crippen molar-refractivity contribution in [1.29, 1.82) is 0 Å². The summed E-state index contributed by atoms with van der Waals surface area (Å²) in [5.41, 5.74) is 0. The summed E-state index contributed by atoms with van der Waals surface area (Å²) in [6, 6.07) is 44.3. The largest absolute Gasteiger partial charge is 2.00 e. The Morgan fingerprint density at radius 1 is 0.333 bits per heavy atom. The molecule has 3 heteroatoms. The van der Waals surface area contributed by atoms with Gasteiger partial charge in [-0.2, -0.15) is 12.8 Å². The van der Waals surface area contributed by atoms with E-state index >= 15 is 0 Å². The smallest absolute Gasteiger partial charge is 0.343 e. The third-order valence-electron chi connectivity index (χ3n) is 7.28. The molecule has 226 valence electrons. The van der Waals surface area contributed by atoms with Crippen molar-refractivity contribution in [2.24, 2.45) is 0 Å². The first-order chi connectivity index (χ1) is 20.3. The number of hydrogen-bond acceptors (Lipinski definition) is 0. The third kappa shape index (κ3) is 14.3. The molecule has 0 saturated heterocycles. The second-order valence-corrected chi connectivity index (χ2v) is 15.2. The molecule has 0 amide bonds. The zero-order chi connectivity index (χ0) is 28.8. The van der Waals surface area contributed by atoms with E-state index in [0.717, 1.165) is 12.8 Å². The topological polar surface area (TPSA) is 0 Å². The zero-order valence-electron chi connectivity index (χ0n) is 25.4. The minimum Gasteiger partial charge on any atom is -0.343 e. The summed E-state index contributed by atoms with van der Waals surface area (Å²) in [5, 5.41) is 5.94. The van der Waals surface area contributed by atoms with Crippen LogP contribution >= 0.6 is 15.8 Å². The molecule has 0 nitrogen and oxygen atoms in total. The van der Waals surface area contributed by atoms with Crippen molar-refractivity contribution >= 4 is 37.1 Å². The Morgan fingerprint density at radius 2 is 0.571 bits per heavy atom. The molecule has 0 aromatic heterocycles. The molecule has 42 heavy (non-hydrogen) atoms. The van der Waals surface area contributed by atoms with Crippen LogP contribution in [0, 0.1) is 13.8 Å². The minimum absolute atomic E-state index is 0. The molecule has 0 aliphatic rings. The number of benzene rings is 4. The quantitative estimate of drug-likeness (QED) is 0.0570. The van der Waals surface area contributed by atoms with E-state index in [4.69, 9.17) is 0 Å². The molecular formula is C39H50P2Pt. The Hall–Kier alpha value is -1.57. The van der Waals surface area contributed by atoms with Crippen LogP contribution in [0.15, 0.2) is 121 Å². The van der Waals surface area contributed by atoms with Crippen LogP contribution in [0.2, 0.25) is 0 Å². The fourth-order valence-electron chi connectivity index (χ4n) is 5.05. The van der Waals surface area contributed by atoms with Gasteiger partial charge in [0.1, 0.15) is 0 Å². The van der Waals surface area contributed by atoms with Gasteiger partial charge in [0.15, 0.2) is 0 Å². The molecule has 0 N–H and O–H groups in total. The van der Waals surface area contributed by atoms with Gasteiger partial charge < -0.3 is 13.8 Å². The summed E-state index contributed by atoms with van der Waals surface area (Å²) in [4.78, 5) is 0. The van der Waals surface area contributed by atoms with Crippen molar-refractivity contribution in [2.45, 2.75) is 70.6 Å². The van der Waals surface area contributed by atoms with Gasteiger partial charge >= 0.3 is 21.1 Å². The average molecular weight is 776 g/mol. The van der Waals surface area contributed by atoms with Crippen molar-refractivity contribution in [3.63, 3.8) is 0 Å². The van der Waals surface area contributed by atoms with Gasteiger partial charge in [0.05, 0.1) is 0 Å². The van der Waals surface area contributed by atoms with Crippen LogP contribution in [0.4, 0.5) is 0 Å². The Morgan fingerprint density at radius 3 is 0.810 bits per heavy atom. The Bertz CT molecular complexity index is 964. The summed E-state index contributed by atoms with van der Waals surface area (Å²) in [6.07, 6.45) is 17.0. The molecule has 4 aromatic carbocycles. The van der Waals surface area contributed by atoms with Crippen LogP contribution in [-0.4, -0.2) is 12.3 Å². The van der Waals surface area contributed by atoms with Crippen molar-refractivity contribution in [2.75, 3.05) is 12.3 Å². The summed E-state index contributed by atoms with van der Waals surface area (Å²) in [6.45, 7) is 7.67. The normalized spacial score (nSPS) is 10.7. The van der Waals surface area contributed by atoms with Gasteiger partial charge in [-0.15, -0.1) is 0 Å². The standard InChI is InChI=1S/C27H26P2.C12H24.Pt/c1-5-14-24(15-6-1)28(25-16-7-2-8-17-25)22-13-23-29(26-18-9-3-10-19-26)27-20-11-4-12-21-27;1-3-5-7-9-11-12-10-8-6-4-2;/h1-12,14-21H,13,22-23H2;1-12H2;/q;-2;+2. The molecule has 0 bridgehead atoms. The molecule has 0 aliphatic heterocycles. The minimum atomic E-state index is -0.309. The first-order valence-corrected chi connectivity index (χ1v) is 18.7. The van der Waals surface area contributed by atoms with E-state index in [1.54, 1.807) is 0 Å². The number of unbranched alkanes of at least 4 members (excludes halogenated alkanes) is 9. The van der Waals surface area contributed by atoms with Crippen molar-refractivity contribution < 1.29 is 21.1 Å². The van der Waals surface area contributed by atoms with Crippen LogP contribution in [0.1, 0.15) is 70.6 Å². The summed E-state index contributed by atoms with van der Waals surface area (Å²) in [5.74, 6) is 0. The first-order valence-electron chi connectivity index (χ1n) is 15.7. The van der Waals surface area contributed by atoms with Gasteiger partial charge in [-0.05, 0) is 55.8 Å². The molecule has 4 rings (SSSR count). The van der Waals surface area contributed by atoms with Crippen LogP contribution < -0.4 is 21.2 Å². The fourth-order valence-corrected chi connectivity index (χ4v) is 10.0. The predicted octanol–water partition coefficient (Wildman–Crippen LogP) is 10.2. The van der Waals surface area contributed by atoms with Crippen molar-refractivity contribution in [3.8, 4) is 0 Å². The van der Waals surface area contributed by atoms with Crippen molar-refractivity contribution in [1.82, 2.24) is 0 Å². The number of rotatable bonds is 17. The molecule has 0 radical (unpaired) electrons. The monoisotopic (exact) mass is 775 g/mol. The molecular weight excluding hydrogens is 725 g/mol. The summed E-state index contributed by atoms with van der Waals surface area (Å²) < 4.78 is 0. The molecule has 0 heterocycles. The molecule has 0 aliphatic carbocycles. The first kappa shape index (κ1) is 36.6. The van der Waals surface area contributed by atoms with Gasteiger partial charge in [0, 0.05) is 0 Å². The Labute approximate surface area is 274 Å². The van der Waals surface area contributed by atoms with E-state index in [2.05, 4.69) is 135 Å². The van der Waals surface area contributed by atoms with E-state index < -0.39 is 0 Å². The fraction of sp³-hybridized carbons (Fsp3) is 0.333. The van der Waals surface area contributed by atoms with Gasteiger partial charge in [0.25, 0.3) is 0 Å². The van der Waals surface area contributed by atoms with Crippen LogP contribution in [0.3, 0.4) is 0 Å².